The van der Waals surface area contributed by atoms with Crippen molar-refractivity contribution >= 4 is 64.9 Å². The number of carbonyl (C=O) groups excluding carboxylic acids is 5. The van der Waals surface area contributed by atoms with Gasteiger partial charge in [0, 0.05) is 27.9 Å². The van der Waals surface area contributed by atoms with Gasteiger partial charge in [0.05, 0.1) is 13.7 Å². The molecule has 0 radical (unpaired) electrons. The summed E-state index contributed by atoms with van der Waals surface area (Å²) in [4.78, 5) is 61.9. The van der Waals surface area contributed by atoms with Gasteiger partial charge in [-0.25, -0.2) is 9.59 Å². The van der Waals surface area contributed by atoms with Gasteiger partial charge in [0.25, 0.3) is 0 Å². The van der Waals surface area contributed by atoms with E-state index < -0.39 is 114 Å². The lowest BCUT2D eigenvalue weighted by Gasteiger charge is -2.52. The number of methoxy groups -OCH3 is 2. The number of hydrogen-bond acceptors (Lipinski definition) is 16. The van der Waals surface area contributed by atoms with Crippen molar-refractivity contribution in [2.75, 3.05) is 34.0 Å². The number of alkyl carbamates (subject to hydrolysis) is 2. The summed E-state index contributed by atoms with van der Waals surface area (Å²) in [7, 11) is 2.46. The van der Waals surface area contributed by atoms with Gasteiger partial charge in [-0.05, 0) is 13.8 Å². The van der Waals surface area contributed by atoms with Crippen LogP contribution in [0.25, 0.3) is 0 Å². The highest BCUT2D eigenvalue weighted by atomic mass is 35.6. The highest BCUT2D eigenvalue weighted by molar-refractivity contribution is 6.67. The molecule has 3 aliphatic heterocycles. The first-order chi connectivity index (χ1) is 22.3. The summed E-state index contributed by atoms with van der Waals surface area (Å²) < 4.78 is 60.1. The number of hydrogen-bond donors (Lipinski definition) is 2. The van der Waals surface area contributed by atoms with E-state index in [-0.39, 0.29) is 6.61 Å². The number of carbonyl (C=O) groups is 5. The number of ether oxygens (including phenoxy) is 11. The van der Waals surface area contributed by atoms with Gasteiger partial charge in [0.15, 0.2) is 30.6 Å². The molecule has 0 bridgehead atoms. The molecular weight excluding hydrogens is 715 g/mol. The van der Waals surface area contributed by atoms with E-state index in [1.807, 2.05) is 0 Å². The van der Waals surface area contributed by atoms with Crippen LogP contribution in [0.3, 0.4) is 0 Å². The molecule has 0 saturated carbocycles. The minimum Gasteiger partial charge on any atom is -0.463 e. The number of fused-ring (bicyclic) bond motifs is 1. The van der Waals surface area contributed by atoms with E-state index >= 15 is 0 Å². The highest BCUT2D eigenvalue weighted by Crippen LogP contribution is 2.37. The van der Waals surface area contributed by atoms with Crippen LogP contribution in [0.1, 0.15) is 34.6 Å². The highest BCUT2D eigenvalue weighted by Gasteiger charge is 2.57. The quantitative estimate of drug-likeness (QED) is 0.183. The summed E-state index contributed by atoms with van der Waals surface area (Å²) in [5.74, 6) is -3.57. The Morgan fingerprint density at radius 1 is 0.812 bits per heavy atom. The molecule has 0 unspecified atom stereocenters. The number of amides is 2. The SMILES string of the molecule is COC(=O)N[C@H]1[C@H](OC)O[C@@H]2COC(C)(C)O[C@H]2[C@@H]1O[C@@H]1O[C@H](COC(C)=O)[C@@H](OC(C)=O)[C@H](OC(C)=O)[C@H]1NC(=O)OCC(Cl)(Cl)Cl. The second kappa shape index (κ2) is 17.0. The molecule has 18 nitrogen and oxygen atoms in total. The van der Waals surface area contributed by atoms with Crippen LogP contribution in [-0.2, 0) is 66.5 Å². The molecule has 0 aromatic carbocycles. The zero-order valence-electron chi connectivity index (χ0n) is 27.1. The Hall–Kier alpha value is -2.42. The third-order valence-corrected chi connectivity index (χ3v) is 7.33. The predicted octanol–water partition coefficient (Wildman–Crippen LogP) is 1.24. The van der Waals surface area contributed by atoms with E-state index in [2.05, 4.69) is 10.6 Å². The minimum absolute atomic E-state index is 0.0125. The first kappa shape index (κ1) is 40.0. The van der Waals surface area contributed by atoms with Gasteiger partial charge in [-0.3, -0.25) is 14.4 Å². The summed E-state index contributed by atoms with van der Waals surface area (Å²) in [5, 5.41) is 5.05. The Balaban J connectivity index is 2.13. The van der Waals surface area contributed by atoms with Crippen molar-refractivity contribution in [2.24, 2.45) is 0 Å². The van der Waals surface area contributed by atoms with Crippen molar-refractivity contribution in [3.8, 4) is 0 Å². The van der Waals surface area contributed by atoms with E-state index in [9.17, 15) is 24.0 Å². The van der Waals surface area contributed by atoms with Gasteiger partial charge in [-0.2, -0.15) is 0 Å². The standard InChI is InChI=1S/C27H39Cl3N2O16/c1-11(33)40-8-14-18(43-12(2)34)20(44-13(3)35)17(32-25(37)41-10-27(28,29)30)23(46-14)47-21-16(31-24(36)39-7)22(38-6)45-15-9-42-26(4,5)48-19(15)21/h14-23H,8-10H2,1-7H3,(H,31,36)(H,32,37)/t14-,15-,16-,17-,18-,19-,20-,21-,22-,23+/m1/s1. The van der Waals surface area contributed by atoms with E-state index in [0.717, 1.165) is 27.9 Å². The van der Waals surface area contributed by atoms with Crippen molar-refractivity contribution < 1.29 is 76.1 Å². The number of esters is 3. The van der Waals surface area contributed by atoms with E-state index in [4.69, 9.17) is 86.9 Å². The van der Waals surface area contributed by atoms with Gasteiger partial charge in [0.1, 0.15) is 49.7 Å². The van der Waals surface area contributed by atoms with Crippen molar-refractivity contribution in [1.29, 1.82) is 0 Å². The molecule has 10 atom stereocenters. The van der Waals surface area contributed by atoms with Gasteiger partial charge >= 0.3 is 30.1 Å². The first-order valence-corrected chi connectivity index (χ1v) is 15.6. The zero-order valence-corrected chi connectivity index (χ0v) is 29.3. The Labute approximate surface area is 290 Å². The molecule has 3 saturated heterocycles. The molecule has 3 rings (SSSR count). The van der Waals surface area contributed by atoms with Crippen LogP contribution in [-0.4, -0.2) is 135 Å². The lowest BCUT2D eigenvalue weighted by molar-refractivity contribution is -0.386. The third kappa shape index (κ3) is 11.3. The van der Waals surface area contributed by atoms with Crippen molar-refractivity contribution in [2.45, 2.75) is 105 Å². The summed E-state index contributed by atoms with van der Waals surface area (Å²) in [6.45, 7) is 5.36. The Morgan fingerprint density at radius 2 is 1.42 bits per heavy atom. The largest absolute Gasteiger partial charge is 0.463 e. The fourth-order valence-corrected chi connectivity index (χ4v) is 5.35. The molecule has 0 aliphatic carbocycles. The van der Waals surface area contributed by atoms with E-state index in [0.29, 0.717) is 0 Å². The molecule has 0 aromatic heterocycles. The maximum Gasteiger partial charge on any atom is 0.407 e. The van der Waals surface area contributed by atoms with Crippen LogP contribution in [0.4, 0.5) is 9.59 Å². The van der Waals surface area contributed by atoms with Crippen molar-refractivity contribution in [1.82, 2.24) is 10.6 Å². The molecule has 274 valence electrons. The second-order valence-corrected chi connectivity index (χ2v) is 13.7. The summed E-state index contributed by atoms with van der Waals surface area (Å²) in [6.07, 6.45) is -12.3. The number of rotatable bonds is 10. The average molecular weight is 754 g/mol. The molecule has 2 amide bonds. The summed E-state index contributed by atoms with van der Waals surface area (Å²) in [6, 6.07) is -2.70. The molecule has 3 fully saturated rings. The lowest BCUT2D eigenvalue weighted by atomic mass is 9.93. The van der Waals surface area contributed by atoms with Gasteiger partial charge in [-0.1, -0.05) is 34.8 Å². The molecular formula is C27H39Cl3N2O16. The molecule has 0 aromatic rings. The van der Waals surface area contributed by atoms with Crippen LogP contribution in [0.2, 0.25) is 0 Å². The van der Waals surface area contributed by atoms with Gasteiger partial charge < -0.3 is 62.7 Å². The number of nitrogens with one attached hydrogen (secondary N) is 2. The first-order valence-electron chi connectivity index (χ1n) is 14.5. The Morgan fingerprint density at radius 3 is 1.98 bits per heavy atom. The van der Waals surface area contributed by atoms with Crippen LogP contribution in [0.15, 0.2) is 0 Å². The molecule has 3 aliphatic rings. The van der Waals surface area contributed by atoms with Gasteiger partial charge in [0.2, 0.25) is 3.79 Å². The maximum atomic E-state index is 13.0. The van der Waals surface area contributed by atoms with Crippen molar-refractivity contribution in [3.63, 3.8) is 0 Å². The number of halogens is 3. The average Bonchev–Trinajstić information content (AvgIpc) is 2.97. The maximum absolute atomic E-state index is 13.0. The molecule has 2 N–H and O–H groups in total. The van der Waals surface area contributed by atoms with E-state index in [1.165, 1.54) is 7.11 Å². The van der Waals surface area contributed by atoms with Crippen LogP contribution >= 0.6 is 34.8 Å². The molecule has 3 heterocycles. The van der Waals surface area contributed by atoms with E-state index in [1.54, 1.807) is 13.8 Å². The summed E-state index contributed by atoms with van der Waals surface area (Å²) in [5.41, 5.74) is 0. The molecule has 48 heavy (non-hydrogen) atoms. The number of alkyl halides is 3. The fraction of sp³-hybridized carbons (Fsp3) is 0.815. The molecule has 21 heteroatoms. The Bertz CT molecular complexity index is 1170. The monoisotopic (exact) mass is 752 g/mol. The molecule has 0 spiro atoms. The fourth-order valence-electron chi connectivity index (χ4n) is 5.19. The zero-order chi connectivity index (χ0) is 36.0. The minimum atomic E-state index is -1.99. The topological polar surface area (TPSA) is 211 Å². The van der Waals surface area contributed by atoms with Crippen molar-refractivity contribution in [3.05, 3.63) is 0 Å². The lowest BCUT2D eigenvalue weighted by Crippen LogP contribution is -2.72. The van der Waals surface area contributed by atoms with Crippen LogP contribution in [0.5, 0.6) is 0 Å². The van der Waals surface area contributed by atoms with Crippen LogP contribution < -0.4 is 10.6 Å². The summed E-state index contributed by atoms with van der Waals surface area (Å²) >= 11 is 17.2. The Kier molecular flexibility index (Phi) is 14.2. The van der Waals surface area contributed by atoms with Gasteiger partial charge in [-0.15, -0.1) is 0 Å². The third-order valence-electron chi connectivity index (χ3n) is 7.01. The normalized spacial score (nSPS) is 32.9. The smallest absolute Gasteiger partial charge is 0.407 e. The van der Waals surface area contributed by atoms with Crippen LogP contribution in [0, 0.1) is 0 Å². The predicted molar refractivity (Wildman–Crippen MR) is 160 cm³/mol. The second-order valence-electron chi connectivity index (χ2n) is 11.2.